The summed E-state index contributed by atoms with van der Waals surface area (Å²) in [6.45, 7) is 3.95. The van der Waals surface area contributed by atoms with Crippen LogP contribution in [0.25, 0.3) is 0 Å². The zero-order chi connectivity index (χ0) is 27.4. The fourth-order valence-corrected chi connectivity index (χ4v) is 4.91. The third-order valence-corrected chi connectivity index (χ3v) is 7.15. The molecule has 0 heterocycles. The van der Waals surface area contributed by atoms with Crippen LogP contribution in [0, 0.1) is 5.92 Å². The van der Waals surface area contributed by atoms with E-state index in [0.717, 1.165) is 51.4 Å². The van der Waals surface area contributed by atoms with E-state index in [-0.39, 0.29) is 43.1 Å². The van der Waals surface area contributed by atoms with E-state index in [1.165, 1.54) is 25.7 Å². The van der Waals surface area contributed by atoms with E-state index in [9.17, 15) is 19.2 Å². The van der Waals surface area contributed by atoms with Gasteiger partial charge in [0.15, 0.2) is 0 Å². The van der Waals surface area contributed by atoms with Gasteiger partial charge in [0.25, 0.3) is 0 Å². The second kappa shape index (κ2) is 19.4. The molecule has 38 heavy (non-hydrogen) atoms. The third-order valence-electron chi connectivity index (χ3n) is 7.15. The van der Waals surface area contributed by atoms with E-state index in [0.29, 0.717) is 38.5 Å². The first-order chi connectivity index (χ1) is 18.4. The molecule has 0 aliphatic heterocycles. The first-order valence-corrected chi connectivity index (χ1v) is 14.7. The number of ether oxygens (including phenoxy) is 1. The Kier molecular flexibility index (Phi) is 16.1. The molecule has 0 aromatic heterocycles. The lowest BCUT2D eigenvalue weighted by Gasteiger charge is -2.22. The Hall–Kier alpha value is -2.72. The summed E-state index contributed by atoms with van der Waals surface area (Å²) in [7, 11) is 0. The van der Waals surface area contributed by atoms with Gasteiger partial charge in [0, 0.05) is 38.1 Å². The smallest absolute Gasteiger partial charge is 0.407 e. The van der Waals surface area contributed by atoms with Crippen molar-refractivity contribution < 1.29 is 23.9 Å². The SMILES string of the molecule is CC(CCCNC(=O)NCCCC(=O)NC1CCCCC1)CNC(=O)NCCOC(=O)NC1CCCCC1. The number of urea groups is 2. The summed E-state index contributed by atoms with van der Waals surface area (Å²) in [6, 6.07) is 0.00790. The highest BCUT2D eigenvalue weighted by atomic mass is 16.5. The van der Waals surface area contributed by atoms with E-state index in [4.69, 9.17) is 4.74 Å². The molecule has 0 aromatic carbocycles. The lowest BCUT2D eigenvalue weighted by atomic mass is 9.95. The Labute approximate surface area is 227 Å². The van der Waals surface area contributed by atoms with Gasteiger partial charge in [-0.3, -0.25) is 4.79 Å². The highest BCUT2D eigenvalue weighted by molar-refractivity contribution is 5.76. The minimum atomic E-state index is -0.424. The van der Waals surface area contributed by atoms with Crippen molar-refractivity contribution in [1.29, 1.82) is 0 Å². The van der Waals surface area contributed by atoms with Crippen LogP contribution in [0.15, 0.2) is 0 Å². The van der Waals surface area contributed by atoms with Crippen LogP contribution in [0.3, 0.4) is 0 Å². The number of hydrogen-bond acceptors (Lipinski definition) is 5. The molecule has 6 N–H and O–H groups in total. The van der Waals surface area contributed by atoms with Crippen LogP contribution in [0.2, 0.25) is 0 Å². The van der Waals surface area contributed by atoms with Gasteiger partial charge in [-0.2, -0.15) is 0 Å². The molecular weight excluding hydrogens is 488 g/mol. The predicted molar refractivity (Wildman–Crippen MR) is 147 cm³/mol. The maximum atomic E-state index is 12.0. The molecular formula is C27H50N6O5. The standard InChI is InChI=1S/C27H50N6O5/c1-21(20-31-26(36)30-18-19-38-27(37)33-23-13-6-3-7-14-23)10-8-16-28-25(35)29-17-9-15-24(34)32-22-11-4-2-5-12-22/h21-23H,2-20H2,1H3,(H,32,34)(H,33,37)(H2,28,29,35)(H2,30,31,36). The summed E-state index contributed by atoms with van der Waals surface area (Å²) in [5, 5.41) is 17.1. The van der Waals surface area contributed by atoms with Gasteiger partial charge in [-0.05, 0) is 50.9 Å². The molecule has 0 aromatic rings. The van der Waals surface area contributed by atoms with Crippen LogP contribution in [0.5, 0.6) is 0 Å². The van der Waals surface area contributed by atoms with Crippen molar-refractivity contribution in [3.8, 4) is 0 Å². The molecule has 2 saturated carbocycles. The van der Waals surface area contributed by atoms with Crippen molar-refractivity contribution >= 4 is 24.1 Å². The maximum Gasteiger partial charge on any atom is 0.407 e. The van der Waals surface area contributed by atoms with Gasteiger partial charge in [0.2, 0.25) is 5.91 Å². The van der Waals surface area contributed by atoms with Gasteiger partial charge in [-0.25, -0.2) is 14.4 Å². The van der Waals surface area contributed by atoms with Gasteiger partial charge in [-0.1, -0.05) is 45.4 Å². The second-order valence-corrected chi connectivity index (χ2v) is 10.7. The van der Waals surface area contributed by atoms with E-state index in [2.05, 4.69) is 31.9 Å². The molecule has 0 spiro atoms. The molecule has 2 rings (SSSR count). The summed E-state index contributed by atoms with van der Waals surface area (Å²) in [6.07, 6.45) is 13.6. The predicted octanol–water partition coefficient (Wildman–Crippen LogP) is 3.29. The highest BCUT2D eigenvalue weighted by Crippen LogP contribution is 2.18. The molecule has 2 aliphatic rings. The first-order valence-electron chi connectivity index (χ1n) is 14.7. The monoisotopic (exact) mass is 538 g/mol. The Bertz CT molecular complexity index is 710. The zero-order valence-corrected chi connectivity index (χ0v) is 23.2. The van der Waals surface area contributed by atoms with Crippen molar-refractivity contribution in [3.05, 3.63) is 0 Å². The third kappa shape index (κ3) is 15.5. The van der Waals surface area contributed by atoms with Gasteiger partial charge < -0.3 is 36.6 Å². The molecule has 1 atom stereocenters. The molecule has 2 aliphatic carbocycles. The zero-order valence-electron chi connectivity index (χ0n) is 23.2. The topological polar surface area (TPSA) is 150 Å². The quantitative estimate of drug-likeness (QED) is 0.177. The molecule has 2 fully saturated rings. The fourth-order valence-electron chi connectivity index (χ4n) is 4.91. The van der Waals surface area contributed by atoms with Crippen LogP contribution in [-0.2, 0) is 9.53 Å². The number of nitrogens with one attached hydrogen (secondary N) is 6. The minimum absolute atomic E-state index is 0.0704. The van der Waals surface area contributed by atoms with Crippen molar-refractivity contribution in [3.63, 3.8) is 0 Å². The normalized spacial score (nSPS) is 17.1. The number of carbonyl (C=O) groups excluding carboxylic acids is 4. The molecule has 0 saturated heterocycles. The van der Waals surface area contributed by atoms with E-state index >= 15 is 0 Å². The summed E-state index contributed by atoms with van der Waals surface area (Å²) in [5.74, 6) is 0.326. The van der Waals surface area contributed by atoms with Crippen LogP contribution in [0.1, 0.15) is 96.8 Å². The van der Waals surface area contributed by atoms with Gasteiger partial charge in [0.1, 0.15) is 6.61 Å². The Morgan fingerprint density at radius 2 is 1.26 bits per heavy atom. The van der Waals surface area contributed by atoms with E-state index in [1.807, 2.05) is 6.92 Å². The molecule has 1 unspecified atom stereocenters. The van der Waals surface area contributed by atoms with Crippen molar-refractivity contribution in [2.45, 2.75) is 109 Å². The average molecular weight is 539 g/mol. The average Bonchev–Trinajstić information content (AvgIpc) is 2.91. The first kappa shape index (κ1) is 31.5. The number of alkyl carbamates (subject to hydrolysis) is 1. The lowest BCUT2D eigenvalue weighted by molar-refractivity contribution is -0.122. The second-order valence-electron chi connectivity index (χ2n) is 10.7. The summed E-state index contributed by atoms with van der Waals surface area (Å²) >= 11 is 0. The molecule has 0 bridgehead atoms. The van der Waals surface area contributed by atoms with Crippen LogP contribution in [-0.4, -0.2) is 68.9 Å². The summed E-state index contributed by atoms with van der Waals surface area (Å²) < 4.78 is 5.12. The van der Waals surface area contributed by atoms with E-state index < -0.39 is 6.09 Å². The largest absolute Gasteiger partial charge is 0.448 e. The Balaban J connectivity index is 1.37. The summed E-state index contributed by atoms with van der Waals surface area (Å²) in [5.41, 5.74) is 0. The van der Waals surface area contributed by atoms with Crippen molar-refractivity contribution in [2.24, 2.45) is 5.92 Å². The Morgan fingerprint density at radius 1 is 0.711 bits per heavy atom. The number of hydrogen-bond donors (Lipinski definition) is 6. The van der Waals surface area contributed by atoms with Gasteiger partial charge in [0.05, 0.1) is 6.54 Å². The number of carbonyl (C=O) groups is 4. The maximum absolute atomic E-state index is 12.0. The Morgan fingerprint density at radius 3 is 1.92 bits per heavy atom. The van der Waals surface area contributed by atoms with Crippen LogP contribution >= 0.6 is 0 Å². The van der Waals surface area contributed by atoms with Gasteiger partial charge in [-0.15, -0.1) is 0 Å². The lowest BCUT2D eigenvalue weighted by Crippen LogP contribution is -2.41. The number of amides is 6. The van der Waals surface area contributed by atoms with Crippen LogP contribution in [0.4, 0.5) is 14.4 Å². The minimum Gasteiger partial charge on any atom is -0.448 e. The molecule has 11 heteroatoms. The molecule has 0 radical (unpaired) electrons. The van der Waals surface area contributed by atoms with Crippen molar-refractivity contribution in [2.75, 3.05) is 32.8 Å². The van der Waals surface area contributed by atoms with Crippen molar-refractivity contribution in [1.82, 2.24) is 31.9 Å². The molecule has 6 amide bonds. The molecule has 11 nitrogen and oxygen atoms in total. The molecule has 218 valence electrons. The van der Waals surface area contributed by atoms with E-state index in [1.54, 1.807) is 0 Å². The van der Waals surface area contributed by atoms with Crippen LogP contribution < -0.4 is 31.9 Å². The summed E-state index contributed by atoms with van der Waals surface area (Å²) in [4.78, 5) is 47.6. The van der Waals surface area contributed by atoms with Gasteiger partial charge >= 0.3 is 18.2 Å². The fraction of sp³-hybridized carbons (Fsp3) is 0.852. The highest BCUT2D eigenvalue weighted by Gasteiger charge is 2.17. The number of rotatable bonds is 15.